The van der Waals surface area contributed by atoms with Crippen LogP contribution in [0, 0.1) is 29.1 Å². The number of carboxylic acid groups (broad SMARTS) is 1. The van der Waals surface area contributed by atoms with Crippen LogP contribution in [0.4, 0.5) is 5.69 Å². The minimum absolute atomic E-state index is 0.0167. The topological polar surface area (TPSA) is 87.2 Å². The number of hydrogen-bond acceptors (Lipinski definition) is 5. The first-order valence-corrected chi connectivity index (χ1v) is 14.2. The van der Waals surface area contributed by atoms with Gasteiger partial charge in [0, 0.05) is 44.0 Å². The van der Waals surface area contributed by atoms with Gasteiger partial charge in [-0.15, -0.1) is 11.3 Å². The van der Waals surface area contributed by atoms with Gasteiger partial charge in [0.1, 0.15) is 4.88 Å². The first-order valence-electron chi connectivity index (χ1n) is 13.4. The van der Waals surface area contributed by atoms with Crippen molar-refractivity contribution < 1.29 is 24.2 Å². The maximum absolute atomic E-state index is 13.9. The molecular formula is C29H42N2O5S. The van der Waals surface area contributed by atoms with Crippen LogP contribution in [0.5, 0.6) is 0 Å². The molecule has 0 radical (unpaired) electrons. The summed E-state index contributed by atoms with van der Waals surface area (Å²) in [6, 6.07) is 1.25. The van der Waals surface area contributed by atoms with E-state index in [1.165, 1.54) is 0 Å². The number of carbonyl (C=O) groups is 3. The highest BCUT2D eigenvalue weighted by Crippen LogP contribution is 2.37. The molecule has 2 fully saturated rings. The van der Waals surface area contributed by atoms with E-state index >= 15 is 0 Å². The SMILES string of the molecule is COC1CCN(C(=O)C[C@H](C)N(C(=O)C2CCC(C)CC2)c2cc(C#CC(C)(C)C)sc2C(=O)O)CC1. The normalized spacial score (nSPS) is 21.6. The smallest absolute Gasteiger partial charge is 0.348 e. The number of amides is 2. The number of piperidine rings is 1. The molecule has 7 nitrogen and oxygen atoms in total. The summed E-state index contributed by atoms with van der Waals surface area (Å²) in [5, 5.41) is 10.0. The molecular weight excluding hydrogens is 488 g/mol. The van der Waals surface area contributed by atoms with Crippen molar-refractivity contribution in [3.8, 4) is 11.8 Å². The highest BCUT2D eigenvalue weighted by atomic mass is 32.1. The van der Waals surface area contributed by atoms with Crippen LogP contribution in [0.25, 0.3) is 0 Å². The molecule has 1 aromatic rings. The van der Waals surface area contributed by atoms with Gasteiger partial charge >= 0.3 is 5.97 Å². The second kappa shape index (κ2) is 12.4. The van der Waals surface area contributed by atoms with Crippen molar-refractivity contribution in [2.75, 3.05) is 25.1 Å². The number of carboxylic acids is 1. The molecule has 1 aliphatic heterocycles. The Morgan fingerprint density at radius 2 is 1.78 bits per heavy atom. The highest BCUT2D eigenvalue weighted by Gasteiger charge is 2.36. The first kappa shape index (κ1) is 29.2. The minimum Gasteiger partial charge on any atom is -0.477 e. The molecule has 1 aromatic heterocycles. The molecule has 3 rings (SSSR count). The Hall–Kier alpha value is -2.37. The Morgan fingerprint density at radius 1 is 1.16 bits per heavy atom. The quantitative estimate of drug-likeness (QED) is 0.476. The van der Waals surface area contributed by atoms with Crippen LogP contribution in [0.15, 0.2) is 6.07 Å². The molecule has 204 valence electrons. The summed E-state index contributed by atoms with van der Waals surface area (Å²) in [4.78, 5) is 43.6. The average molecular weight is 531 g/mol. The van der Waals surface area contributed by atoms with Crippen LogP contribution in [0.1, 0.15) is 94.1 Å². The molecule has 0 unspecified atom stereocenters. The zero-order valence-corrected chi connectivity index (χ0v) is 24.0. The molecule has 37 heavy (non-hydrogen) atoms. The van der Waals surface area contributed by atoms with E-state index in [4.69, 9.17) is 4.74 Å². The van der Waals surface area contributed by atoms with Gasteiger partial charge in [0.05, 0.1) is 16.7 Å². The number of hydrogen-bond donors (Lipinski definition) is 1. The molecule has 2 heterocycles. The van der Waals surface area contributed by atoms with Gasteiger partial charge in [-0.1, -0.05) is 18.8 Å². The lowest BCUT2D eigenvalue weighted by molar-refractivity contribution is -0.134. The van der Waals surface area contributed by atoms with E-state index in [0.717, 1.165) is 49.9 Å². The zero-order valence-electron chi connectivity index (χ0n) is 23.1. The van der Waals surface area contributed by atoms with Gasteiger partial charge in [0.25, 0.3) is 0 Å². The summed E-state index contributed by atoms with van der Waals surface area (Å²) < 4.78 is 5.42. The molecule has 0 bridgehead atoms. The molecule has 2 amide bonds. The van der Waals surface area contributed by atoms with Crippen molar-refractivity contribution in [2.45, 2.75) is 91.7 Å². The van der Waals surface area contributed by atoms with Crippen molar-refractivity contribution in [1.29, 1.82) is 0 Å². The molecule has 1 saturated heterocycles. The van der Waals surface area contributed by atoms with E-state index in [0.29, 0.717) is 29.6 Å². The summed E-state index contributed by atoms with van der Waals surface area (Å²) >= 11 is 1.09. The van der Waals surface area contributed by atoms with Crippen molar-refractivity contribution in [2.24, 2.45) is 17.3 Å². The number of carbonyl (C=O) groups excluding carboxylic acids is 2. The minimum atomic E-state index is -1.08. The van der Waals surface area contributed by atoms with E-state index in [-0.39, 0.29) is 40.5 Å². The third-order valence-electron chi connectivity index (χ3n) is 7.37. The fourth-order valence-corrected chi connectivity index (χ4v) is 5.96. The predicted molar refractivity (Wildman–Crippen MR) is 147 cm³/mol. The molecule has 1 aliphatic carbocycles. The van der Waals surface area contributed by atoms with E-state index in [2.05, 4.69) is 18.8 Å². The van der Waals surface area contributed by atoms with Gasteiger partial charge < -0.3 is 19.6 Å². The standard InChI is InChI=1S/C29H42N2O5S/c1-19-7-9-21(10-8-19)27(33)31(20(2)17-25(32)30-15-12-22(36-6)13-16-30)24-18-23(11-14-29(3,4)5)37-26(24)28(34)35/h18-22H,7-10,12-13,15-17H2,1-6H3,(H,34,35)/t19?,20-,21?/m0/s1. The maximum Gasteiger partial charge on any atom is 0.348 e. The van der Waals surface area contributed by atoms with Gasteiger partial charge in [-0.25, -0.2) is 4.79 Å². The Kier molecular flexibility index (Phi) is 9.82. The number of rotatable bonds is 7. The summed E-state index contributed by atoms with van der Waals surface area (Å²) in [5.74, 6) is 5.49. The van der Waals surface area contributed by atoms with Gasteiger partial charge in [0.15, 0.2) is 0 Å². The summed E-state index contributed by atoms with van der Waals surface area (Å²) in [7, 11) is 1.70. The number of thiophene rings is 1. The molecule has 8 heteroatoms. The molecule has 1 atom stereocenters. The third kappa shape index (κ3) is 7.81. The predicted octanol–water partition coefficient (Wildman–Crippen LogP) is 5.42. The average Bonchev–Trinajstić information content (AvgIpc) is 3.27. The van der Waals surface area contributed by atoms with Crippen LogP contribution in [-0.2, 0) is 14.3 Å². The zero-order chi connectivity index (χ0) is 27.3. The lowest BCUT2D eigenvalue weighted by Crippen LogP contribution is -2.47. The number of aromatic carboxylic acids is 1. The van der Waals surface area contributed by atoms with Gasteiger partial charge in [-0.3, -0.25) is 9.59 Å². The van der Waals surface area contributed by atoms with E-state index < -0.39 is 12.0 Å². The van der Waals surface area contributed by atoms with Gasteiger partial charge in [-0.05, 0) is 78.2 Å². The Balaban J connectivity index is 1.92. The number of nitrogens with zero attached hydrogens (tertiary/aromatic N) is 2. The second-order valence-corrected chi connectivity index (χ2v) is 12.7. The largest absolute Gasteiger partial charge is 0.477 e. The Bertz CT molecular complexity index is 1030. The highest BCUT2D eigenvalue weighted by molar-refractivity contribution is 7.15. The van der Waals surface area contributed by atoms with Crippen LogP contribution >= 0.6 is 11.3 Å². The van der Waals surface area contributed by atoms with E-state index in [9.17, 15) is 19.5 Å². The summed E-state index contributed by atoms with van der Waals surface area (Å²) in [6.45, 7) is 11.3. The molecule has 1 saturated carbocycles. The van der Waals surface area contributed by atoms with Crippen LogP contribution in [-0.4, -0.2) is 60.1 Å². The Morgan fingerprint density at radius 3 is 2.32 bits per heavy atom. The second-order valence-electron chi connectivity index (χ2n) is 11.7. The molecule has 0 spiro atoms. The van der Waals surface area contributed by atoms with Crippen molar-refractivity contribution in [3.05, 3.63) is 15.8 Å². The summed E-state index contributed by atoms with van der Waals surface area (Å²) in [5.41, 5.74) is 0.121. The fraction of sp³-hybridized carbons (Fsp3) is 0.690. The molecule has 1 N–H and O–H groups in total. The maximum atomic E-state index is 13.9. The lowest BCUT2D eigenvalue weighted by Gasteiger charge is -2.36. The number of likely N-dealkylation sites (tertiary alicyclic amines) is 1. The Labute approximate surface area is 225 Å². The number of anilines is 1. The van der Waals surface area contributed by atoms with Gasteiger partial charge in [0.2, 0.25) is 11.8 Å². The van der Waals surface area contributed by atoms with Crippen LogP contribution in [0.2, 0.25) is 0 Å². The molecule has 0 aromatic carbocycles. The molecule has 2 aliphatic rings. The van der Waals surface area contributed by atoms with Crippen molar-refractivity contribution >= 4 is 34.8 Å². The fourth-order valence-electron chi connectivity index (χ4n) is 5.12. The lowest BCUT2D eigenvalue weighted by atomic mass is 9.82. The monoisotopic (exact) mass is 530 g/mol. The van der Waals surface area contributed by atoms with Crippen molar-refractivity contribution in [1.82, 2.24) is 4.90 Å². The number of ether oxygens (including phenoxy) is 1. The van der Waals surface area contributed by atoms with Crippen LogP contribution < -0.4 is 4.90 Å². The third-order valence-corrected chi connectivity index (χ3v) is 8.40. The van der Waals surface area contributed by atoms with E-state index in [1.54, 1.807) is 18.1 Å². The van der Waals surface area contributed by atoms with Gasteiger partial charge in [-0.2, -0.15) is 0 Å². The number of methoxy groups -OCH3 is 1. The van der Waals surface area contributed by atoms with E-state index in [1.807, 2.05) is 32.6 Å². The van der Waals surface area contributed by atoms with Crippen molar-refractivity contribution in [3.63, 3.8) is 0 Å². The first-order chi connectivity index (χ1) is 17.4. The summed E-state index contributed by atoms with van der Waals surface area (Å²) in [6.07, 6.45) is 5.42. The van der Waals surface area contributed by atoms with Crippen LogP contribution in [0.3, 0.4) is 0 Å².